The molecule has 21 heavy (non-hydrogen) atoms. The van der Waals surface area contributed by atoms with Crippen molar-refractivity contribution in [3.8, 4) is 11.1 Å². The lowest BCUT2D eigenvalue weighted by atomic mass is 9.97. The summed E-state index contributed by atoms with van der Waals surface area (Å²) in [5, 5.41) is 0. The van der Waals surface area contributed by atoms with Gasteiger partial charge in [-0.3, -0.25) is 4.79 Å². The van der Waals surface area contributed by atoms with Gasteiger partial charge in [0.25, 0.3) is 0 Å². The highest BCUT2D eigenvalue weighted by molar-refractivity contribution is 5.83. The minimum atomic E-state index is -4.85. The highest BCUT2D eigenvalue weighted by atomic mass is 19.4. The summed E-state index contributed by atoms with van der Waals surface area (Å²) in [5.74, 6) is -1.80. The van der Waals surface area contributed by atoms with Crippen LogP contribution in [-0.4, -0.2) is 17.0 Å². The Morgan fingerprint density at radius 1 is 0.857 bits per heavy atom. The predicted octanol–water partition coefficient (Wildman–Crippen LogP) is 3.76. The molecule has 1 heterocycles. The Labute approximate surface area is 119 Å². The van der Waals surface area contributed by atoms with Gasteiger partial charge in [-0.2, -0.15) is 13.2 Å². The largest absolute Gasteiger partial charge is 0.471 e. The van der Waals surface area contributed by atoms with Crippen molar-refractivity contribution in [2.24, 2.45) is 0 Å². The van der Waals surface area contributed by atoms with Crippen LogP contribution >= 0.6 is 0 Å². The first-order chi connectivity index (χ1) is 9.97. The standard InChI is InChI=1S/C16H12F3NO/c17-16(18,19)15(21)20-9-11-5-1-3-7-13(11)14-8-4-2-6-12(14)10-20/h1-8H,9-10H2. The number of hydrogen-bond acceptors (Lipinski definition) is 1. The Kier molecular flexibility index (Phi) is 3.20. The van der Waals surface area contributed by atoms with Crippen molar-refractivity contribution in [1.82, 2.24) is 4.90 Å². The molecule has 3 rings (SSSR count). The first-order valence-corrected chi connectivity index (χ1v) is 6.49. The van der Waals surface area contributed by atoms with E-state index in [1.54, 1.807) is 24.3 Å². The molecule has 0 saturated heterocycles. The molecule has 0 aliphatic carbocycles. The topological polar surface area (TPSA) is 20.3 Å². The zero-order valence-electron chi connectivity index (χ0n) is 11.0. The second kappa shape index (κ2) is 4.91. The van der Waals surface area contributed by atoms with Crippen molar-refractivity contribution in [3.05, 3.63) is 59.7 Å². The van der Waals surface area contributed by atoms with E-state index in [9.17, 15) is 18.0 Å². The molecule has 0 fully saturated rings. The van der Waals surface area contributed by atoms with Crippen molar-refractivity contribution < 1.29 is 18.0 Å². The average Bonchev–Trinajstić information content (AvgIpc) is 2.62. The van der Waals surface area contributed by atoms with E-state index in [4.69, 9.17) is 0 Å². The summed E-state index contributed by atoms with van der Waals surface area (Å²) in [7, 11) is 0. The van der Waals surface area contributed by atoms with E-state index in [1.807, 2.05) is 24.3 Å². The predicted molar refractivity (Wildman–Crippen MR) is 72.2 cm³/mol. The van der Waals surface area contributed by atoms with Crippen LogP contribution in [0.5, 0.6) is 0 Å². The molecule has 2 aromatic carbocycles. The summed E-state index contributed by atoms with van der Waals surface area (Å²) in [6, 6.07) is 14.5. The maximum Gasteiger partial charge on any atom is 0.471 e. The second-order valence-corrected chi connectivity index (χ2v) is 4.97. The lowest BCUT2D eigenvalue weighted by Crippen LogP contribution is -2.39. The summed E-state index contributed by atoms with van der Waals surface area (Å²) in [6.45, 7) is -0.0770. The number of hydrogen-bond donors (Lipinski definition) is 0. The van der Waals surface area contributed by atoms with Gasteiger partial charge in [0.05, 0.1) is 0 Å². The fourth-order valence-corrected chi connectivity index (χ4v) is 2.63. The molecule has 0 bridgehead atoms. The lowest BCUT2D eigenvalue weighted by molar-refractivity contribution is -0.186. The zero-order chi connectivity index (χ0) is 15.0. The molecule has 0 saturated carbocycles. The van der Waals surface area contributed by atoms with Crippen LogP contribution in [0.4, 0.5) is 13.2 Å². The number of amides is 1. The maximum absolute atomic E-state index is 12.7. The van der Waals surface area contributed by atoms with E-state index in [0.717, 1.165) is 27.2 Å². The van der Waals surface area contributed by atoms with Gasteiger partial charge >= 0.3 is 12.1 Å². The van der Waals surface area contributed by atoms with Crippen LogP contribution in [0.2, 0.25) is 0 Å². The van der Waals surface area contributed by atoms with Gasteiger partial charge < -0.3 is 4.90 Å². The van der Waals surface area contributed by atoms with Crippen LogP contribution in [0.15, 0.2) is 48.5 Å². The molecule has 2 nitrogen and oxygen atoms in total. The molecule has 0 spiro atoms. The molecule has 1 aliphatic heterocycles. The fourth-order valence-electron chi connectivity index (χ4n) is 2.63. The third-order valence-corrected chi connectivity index (χ3v) is 3.58. The van der Waals surface area contributed by atoms with Gasteiger partial charge in [-0.05, 0) is 22.3 Å². The SMILES string of the molecule is O=C(N1Cc2ccccc2-c2ccccc2C1)C(F)(F)F. The number of benzene rings is 2. The number of nitrogens with zero attached hydrogens (tertiary/aromatic N) is 1. The summed E-state index contributed by atoms with van der Waals surface area (Å²) < 4.78 is 38.2. The molecule has 108 valence electrons. The van der Waals surface area contributed by atoms with Crippen molar-refractivity contribution in [1.29, 1.82) is 0 Å². The van der Waals surface area contributed by atoms with Gasteiger partial charge in [0, 0.05) is 13.1 Å². The van der Waals surface area contributed by atoms with E-state index >= 15 is 0 Å². The number of fused-ring (bicyclic) bond motifs is 3. The van der Waals surface area contributed by atoms with Crippen molar-refractivity contribution >= 4 is 5.91 Å². The van der Waals surface area contributed by atoms with E-state index in [-0.39, 0.29) is 13.1 Å². The smallest absolute Gasteiger partial charge is 0.326 e. The van der Waals surface area contributed by atoms with Crippen molar-refractivity contribution in [2.75, 3.05) is 0 Å². The van der Waals surface area contributed by atoms with Crippen molar-refractivity contribution in [3.63, 3.8) is 0 Å². The Balaban J connectivity index is 2.11. The lowest BCUT2D eigenvalue weighted by Gasteiger charge is -2.22. The highest BCUT2D eigenvalue weighted by Gasteiger charge is 2.43. The molecule has 2 aromatic rings. The summed E-state index contributed by atoms with van der Waals surface area (Å²) in [5.41, 5.74) is 3.20. The first-order valence-electron chi connectivity index (χ1n) is 6.49. The van der Waals surface area contributed by atoms with E-state index in [1.165, 1.54) is 0 Å². The Hall–Kier alpha value is -2.30. The van der Waals surface area contributed by atoms with Crippen LogP contribution in [-0.2, 0) is 17.9 Å². The van der Waals surface area contributed by atoms with Gasteiger partial charge in [0.1, 0.15) is 0 Å². The molecule has 5 heteroatoms. The molecule has 1 aliphatic rings. The molecule has 1 amide bonds. The highest BCUT2D eigenvalue weighted by Crippen LogP contribution is 2.33. The second-order valence-electron chi connectivity index (χ2n) is 4.97. The van der Waals surface area contributed by atoms with Crippen LogP contribution in [0.3, 0.4) is 0 Å². The Morgan fingerprint density at radius 3 is 1.71 bits per heavy atom. The molecule has 0 aromatic heterocycles. The first kappa shape index (κ1) is 13.7. The van der Waals surface area contributed by atoms with Gasteiger partial charge in [0.2, 0.25) is 0 Å². The van der Waals surface area contributed by atoms with Gasteiger partial charge in [-0.1, -0.05) is 48.5 Å². The minimum absolute atomic E-state index is 0.0385. The van der Waals surface area contributed by atoms with Gasteiger partial charge in [-0.15, -0.1) is 0 Å². The Morgan fingerprint density at radius 2 is 1.29 bits per heavy atom. The fraction of sp³-hybridized carbons (Fsp3) is 0.188. The number of carbonyl (C=O) groups excluding carboxylic acids is 1. The Bertz CT molecular complexity index is 646. The third kappa shape index (κ3) is 2.51. The zero-order valence-corrected chi connectivity index (χ0v) is 11.0. The number of alkyl halides is 3. The van der Waals surface area contributed by atoms with Crippen LogP contribution < -0.4 is 0 Å². The molecule has 0 atom stereocenters. The molecule has 0 radical (unpaired) electrons. The summed E-state index contributed by atoms with van der Waals surface area (Å²) in [6.07, 6.45) is -4.85. The molecular weight excluding hydrogens is 279 g/mol. The van der Waals surface area contributed by atoms with E-state index in [2.05, 4.69) is 0 Å². The minimum Gasteiger partial charge on any atom is -0.326 e. The maximum atomic E-state index is 12.7. The van der Waals surface area contributed by atoms with E-state index < -0.39 is 12.1 Å². The van der Waals surface area contributed by atoms with Gasteiger partial charge in [0.15, 0.2) is 0 Å². The number of carbonyl (C=O) groups is 1. The van der Waals surface area contributed by atoms with Crippen LogP contribution in [0, 0.1) is 0 Å². The monoisotopic (exact) mass is 291 g/mol. The molecule has 0 unspecified atom stereocenters. The average molecular weight is 291 g/mol. The number of rotatable bonds is 0. The third-order valence-electron chi connectivity index (χ3n) is 3.58. The molecule has 0 N–H and O–H groups in total. The normalized spacial score (nSPS) is 14.1. The van der Waals surface area contributed by atoms with Crippen LogP contribution in [0.25, 0.3) is 11.1 Å². The van der Waals surface area contributed by atoms with Crippen LogP contribution in [0.1, 0.15) is 11.1 Å². The van der Waals surface area contributed by atoms with E-state index in [0.29, 0.717) is 0 Å². The quantitative estimate of drug-likeness (QED) is 0.723. The number of halogens is 3. The van der Waals surface area contributed by atoms with Crippen molar-refractivity contribution in [2.45, 2.75) is 19.3 Å². The van der Waals surface area contributed by atoms with Gasteiger partial charge in [-0.25, -0.2) is 0 Å². The molecular formula is C16H12F3NO. The summed E-state index contributed by atoms with van der Waals surface area (Å²) in [4.78, 5) is 12.4. The summed E-state index contributed by atoms with van der Waals surface area (Å²) >= 11 is 0.